The van der Waals surface area contributed by atoms with Gasteiger partial charge in [-0.3, -0.25) is 4.79 Å². The van der Waals surface area contributed by atoms with Crippen molar-refractivity contribution >= 4 is 29.0 Å². The molecule has 1 unspecified atom stereocenters. The van der Waals surface area contributed by atoms with Gasteiger partial charge in [0.25, 0.3) is 0 Å². The molecule has 2 aromatic rings. The summed E-state index contributed by atoms with van der Waals surface area (Å²) in [6, 6.07) is 9.81. The molecule has 0 saturated carbocycles. The second-order valence-corrected chi connectivity index (χ2v) is 6.26. The number of carbonyl (C=O) groups excluding carboxylic acids is 1. The molecule has 2 N–H and O–H groups in total. The van der Waals surface area contributed by atoms with Gasteiger partial charge in [-0.2, -0.15) is 0 Å². The van der Waals surface area contributed by atoms with E-state index in [2.05, 4.69) is 18.4 Å². The Morgan fingerprint density at radius 2 is 2.29 bits per heavy atom. The fourth-order valence-electron chi connectivity index (χ4n) is 2.74. The van der Waals surface area contributed by atoms with Gasteiger partial charge in [0.15, 0.2) is 0 Å². The Bertz CT molecular complexity index is 690. The van der Waals surface area contributed by atoms with Gasteiger partial charge in [0, 0.05) is 23.2 Å². The van der Waals surface area contributed by atoms with E-state index in [0.717, 1.165) is 18.5 Å². The minimum absolute atomic E-state index is 0.0572. The first-order valence-corrected chi connectivity index (χ1v) is 7.93. The van der Waals surface area contributed by atoms with Gasteiger partial charge in [-0.25, -0.2) is 0 Å². The van der Waals surface area contributed by atoms with Gasteiger partial charge in [-0.05, 0) is 54.1 Å². The third-order valence-electron chi connectivity index (χ3n) is 3.89. The van der Waals surface area contributed by atoms with Crippen LogP contribution in [0.4, 0.5) is 5.69 Å². The minimum atomic E-state index is 0.0572. The number of nitrogen functional groups attached to an aromatic ring is 1. The van der Waals surface area contributed by atoms with Crippen molar-refractivity contribution in [1.82, 2.24) is 4.90 Å². The summed E-state index contributed by atoms with van der Waals surface area (Å²) in [5.41, 5.74) is 8.69. The van der Waals surface area contributed by atoms with Crippen molar-refractivity contribution < 1.29 is 4.79 Å². The maximum absolute atomic E-state index is 12.4. The van der Waals surface area contributed by atoms with Crippen molar-refractivity contribution in [3.63, 3.8) is 0 Å². The van der Waals surface area contributed by atoms with Gasteiger partial charge >= 0.3 is 0 Å². The third-order valence-corrected chi connectivity index (χ3v) is 4.89. The molecule has 0 bridgehead atoms. The molecule has 3 nitrogen and oxygen atoms in total. The number of hydrogen-bond donors (Lipinski definition) is 1. The Labute approximate surface area is 128 Å². The topological polar surface area (TPSA) is 46.3 Å². The van der Waals surface area contributed by atoms with E-state index in [9.17, 15) is 4.79 Å². The maximum Gasteiger partial charge on any atom is 0.247 e. The maximum atomic E-state index is 12.4. The predicted octanol–water partition coefficient (Wildman–Crippen LogP) is 3.49. The molecule has 1 aliphatic heterocycles. The van der Waals surface area contributed by atoms with Crippen LogP contribution in [-0.4, -0.2) is 17.4 Å². The minimum Gasteiger partial charge on any atom is -0.399 e. The lowest BCUT2D eigenvalue weighted by Gasteiger charge is -2.32. The molecule has 0 radical (unpaired) electrons. The monoisotopic (exact) mass is 298 g/mol. The van der Waals surface area contributed by atoms with Gasteiger partial charge in [-0.1, -0.05) is 12.1 Å². The number of benzene rings is 1. The Balaban J connectivity index is 1.74. The second-order valence-electron chi connectivity index (χ2n) is 5.26. The highest BCUT2D eigenvalue weighted by atomic mass is 32.1. The van der Waals surface area contributed by atoms with Gasteiger partial charge in [0.05, 0.1) is 6.04 Å². The van der Waals surface area contributed by atoms with Crippen molar-refractivity contribution in [3.05, 3.63) is 57.8 Å². The second kappa shape index (κ2) is 5.74. The number of nitrogens with zero attached hydrogens (tertiary/aromatic N) is 1. The van der Waals surface area contributed by atoms with E-state index in [0.29, 0.717) is 5.69 Å². The third kappa shape index (κ3) is 2.85. The van der Waals surface area contributed by atoms with Crippen LogP contribution in [0, 0.1) is 0 Å². The van der Waals surface area contributed by atoms with Crippen LogP contribution >= 0.6 is 11.3 Å². The van der Waals surface area contributed by atoms with Crippen LogP contribution in [0.2, 0.25) is 0 Å². The van der Waals surface area contributed by atoms with Crippen LogP contribution in [0.3, 0.4) is 0 Å². The van der Waals surface area contributed by atoms with Crippen molar-refractivity contribution in [1.29, 1.82) is 0 Å². The van der Waals surface area contributed by atoms with E-state index in [1.54, 1.807) is 17.4 Å². The van der Waals surface area contributed by atoms with E-state index in [-0.39, 0.29) is 11.9 Å². The molecular weight excluding hydrogens is 280 g/mol. The molecule has 0 spiro atoms. The molecule has 1 aliphatic rings. The molecule has 0 fully saturated rings. The van der Waals surface area contributed by atoms with E-state index in [4.69, 9.17) is 5.73 Å². The van der Waals surface area contributed by atoms with Gasteiger partial charge in [-0.15, -0.1) is 11.3 Å². The predicted molar refractivity (Wildman–Crippen MR) is 88.0 cm³/mol. The molecule has 0 saturated heterocycles. The fourth-order valence-corrected chi connectivity index (χ4v) is 3.70. The number of rotatable bonds is 2. The molecule has 1 aromatic heterocycles. The summed E-state index contributed by atoms with van der Waals surface area (Å²) in [5, 5.41) is 2.11. The molecule has 3 rings (SSSR count). The Morgan fingerprint density at radius 1 is 1.43 bits per heavy atom. The van der Waals surface area contributed by atoms with Crippen LogP contribution in [0.5, 0.6) is 0 Å². The first-order chi connectivity index (χ1) is 10.1. The summed E-state index contributed by atoms with van der Waals surface area (Å²) in [5.74, 6) is 0.0572. The smallest absolute Gasteiger partial charge is 0.247 e. The lowest BCUT2D eigenvalue weighted by atomic mass is 10.0. The van der Waals surface area contributed by atoms with Crippen LogP contribution in [-0.2, 0) is 11.2 Å². The van der Waals surface area contributed by atoms with Crippen molar-refractivity contribution in [2.45, 2.75) is 19.4 Å². The zero-order valence-electron chi connectivity index (χ0n) is 12.0. The summed E-state index contributed by atoms with van der Waals surface area (Å²) >= 11 is 1.78. The van der Waals surface area contributed by atoms with Crippen molar-refractivity contribution in [2.24, 2.45) is 0 Å². The summed E-state index contributed by atoms with van der Waals surface area (Å²) < 4.78 is 0. The number of anilines is 1. The molecule has 2 heterocycles. The van der Waals surface area contributed by atoms with Crippen molar-refractivity contribution in [3.8, 4) is 0 Å². The summed E-state index contributed by atoms with van der Waals surface area (Å²) in [6.45, 7) is 2.88. The Morgan fingerprint density at radius 3 is 3.10 bits per heavy atom. The lowest BCUT2D eigenvalue weighted by Crippen LogP contribution is -2.37. The highest BCUT2D eigenvalue weighted by Gasteiger charge is 2.26. The highest BCUT2D eigenvalue weighted by molar-refractivity contribution is 7.10. The molecule has 1 aromatic carbocycles. The first-order valence-electron chi connectivity index (χ1n) is 7.05. The van der Waals surface area contributed by atoms with E-state index in [1.807, 2.05) is 35.2 Å². The summed E-state index contributed by atoms with van der Waals surface area (Å²) in [7, 11) is 0. The zero-order valence-corrected chi connectivity index (χ0v) is 12.8. The number of amides is 1. The van der Waals surface area contributed by atoms with Crippen LogP contribution < -0.4 is 5.73 Å². The Kier molecular flexibility index (Phi) is 3.80. The van der Waals surface area contributed by atoms with E-state index in [1.165, 1.54) is 10.4 Å². The van der Waals surface area contributed by atoms with Gasteiger partial charge < -0.3 is 10.6 Å². The number of nitrogens with two attached hydrogens (primary N) is 1. The summed E-state index contributed by atoms with van der Waals surface area (Å²) in [6.07, 6.45) is 4.42. The fraction of sp³-hybridized carbons (Fsp3) is 0.235. The zero-order chi connectivity index (χ0) is 14.8. The van der Waals surface area contributed by atoms with Crippen LogP contribution in [0.25, 0.3) is 6.08 Å². The van der Waals surface area contributed by atoms with E-state index >= 15 is 0 Å². The molecular formula is C17H18N2OS. The van der Waals surface area contributed by atoms with Gasteiger partial charge in [0.2, 0.25) is 5.91 Å². The SMILES string of the molecule is CC1c2ccsc2CCN1C(=O)/C=C/c1cccc(N)c1. The number of carbonyl (C=O) groups is 1. The molecule has 4 heteroatoms. The van der Waals surface area contributed by atoms with Crippen LogP contribution in [0.1, 0.15) is 29.0 Å². The molecule has 1 amide bonds. The average molecular weight is 298 g/mol. The van der Waals surface area contributed by atoms with Gasteiger partial charge in [0.1, 0.15) is 0 Å². The standard InChI is InChI=1S/C17H18N2OS/c1-12-15-8-10-21-16(15)7-9-19(12)17(20)6-5-13-3-2-4-14(18)11-13/h2-6,8,10-12H,7,9,18H2,1H3/b6-5+. The van der Waals surface area contributed by atoms with Crippen LogP contribution in [0.15, 0.2) is 41.8 Å². The average Bonchev–Trinajstić information content (AvgIpc) is 2.95. The molecule has 108 valence electrons. The molecule has 0 aliphatic carbocycles. The Hall–Kier alpha value is -2.07. The highest BCUT2D eigenvalue weighted by Crippen LogP contribution is 2.32. The summed E-state index contributed by atoms with van der Waals surface area (Å²) in [4.78, 5) is 15.7. The largest absolute Gasteiger partial charge is 0.399 e. The number of fused-ring (bicyclic) bond motifs is 1. The lowest BCUT2D eigenvalue weighted by molar-refractivity contribution is -0.128. The normalized spacial score (nSPS) is 18.0. The van der Waals surface area contributed by atoms with E-state index < -0.39 is 0 Å². The molecule has 21 heavy (non-hydrogen) atoms. The molecule has 1 atom stereocenters. The number of hydrogen-bond acceptors (Lipinski definition) is 3. The quantitative estimate of drug-likeness (QED) is 0.681. The van der Waals surface area contributed by atoms with Crippen molar-refractivity contribution in [2.75, 3.05) is 12.3 Å². The first kappa shape index (κ1) is 13.9. The number of thiophene rings is 1.